The van der Waals surface area contributed by atoms with E-state index in [2.05, 4.69) is 4.90 Å². The molecule has 1 fully saturated rings. The first-order valence-corrected chi connectivity index (χ1v) is 9.82. The summed E-state index contributed by atoms with van der Waals surface area (Å²) in [4.78, 5) is 24.9. The van der Waals surface area contributed by atoms with Gasteiger partial charge in [-0.05, 0) is 24.6 Å². The van der Waals surface area contributed by atoms with E-state index in [1.54, 1.807) is 10.6 Å². The highest BCUT2D eigenvalue weighted by Crippen LogP contribution is 2.50. The Kier molecular flexibility index (Phi) is 3.15. The van der Waals surface area contributed by atoms with Crippen LogP contribution in [0.25, 0.3) is 10.9 Å². The molecular formula is C22H20N4O2. The molecule has 0 spiro atoms. The maximum Gasteiger partial charge on any atom is 0.261 e. The summed E-state index contributed by atoms with van der Waals surface area (Å²) >= 11 is 0. The molecule has 6 nitrogen and oxygen atoms in total. The maximum atomic E-state index is 13.0. The molecule has 4 heterocycles. The van der Waals surface area contributed by atoms with Gasteiger partial charge in [0.1, 0.15) is 17.3 Å². The molecule has 6 rings (SSSR count). The van der Waals surface area contributed by atoms with E-state index in [9.17, 15) is 9.90 Å². The summed E-state index contributed by atoms with van der Waals surface area (Å²) in [5.74, 6) is 1.50. The summed E-state index contributed by atoms with van der Waals surface area (Å²) in [7, 11) is 0. The highest BCUT2D eigenvalue weighted by molar-refractivity contribution is 5.89. The fraction of sp³-hybridized carbons (Fsp3) is 0.318. The fourth-order valence-electron chi connectivity index (χ4n) is 5.08. The minimum Gasteiger partial charge on any atom is -0.379 e. The highest BCUT2D eigenvalue weighted by atomic mass is 16.3. The third-order valence-corrected chi connectivity index (χ3v) is 6.34. The van der Waals surface area contributed by atoms with E-state index < -0.39 is 5.60 Å². The third-order valence-electron chi connectivity index (χ3n) is 6.34. The van der Waals surface area contributed by atoms with Crippen LogP contribution < -0.4 is 5.56 Å². The van der Waals surface area contributed by atoms with Crippen LogP contribution in [-0.4, -0.2) is 31.9 Å². The lowest BCUT2D eigenvalue weighted by Gasteiger charge is -2.42. The van der Waals surface area contributed by atoms with Crippen molar-refractivity contribution in [3.8, 4) is 0 Å². The first kappa shape index (κ1) is 16.0. The van der Waals surface area contributed by atoms with Gasteiger partial charge in [-0.1, -0.05) is 30.3 Å². The molecule has 0 bridgehead atoms. The lowest BCUT2D eigenvalue weighted by molar-refractivity contribution is -0.0354. The Morgan fingerprint density at radius 2 is 1.89 bits per heavy atom. The summed E-state index contributed by atoms with van der Waals surface area (Å²) in [5.41, 5.74) is 1.25. The normalized spacial score (nSPS) is 25.4. The van der Waals surface area contributed by atoms with Crippen molar-refractivity contribution in [2.45, 2.75) is 37.5 Å². The van der Waals surface area contributed by atoms with Crippen LogP contribution in [0.15, 0.2) is 58.3 Å². The molecular weight excluding hydrogens is 352 g/mol. The molecule has 0 unspecified atom stereocenters. The molecule has 1 N–H and O–H groups in total. The molecule has 0 radical (unpaired) electrons. The second kappa shape index (κ2) is 5.52. The van der Waals surface area contributed by atoms with Crippen molar-refractivity contribution in [1.82, 2.24) is 14.5 Å². The van der Waals surface area contributed by atoms with Crippen molar-refractivity contribution in [3.63, 3.8) is 0 Å². The predicted octanol–water partition coefficient (Wildman–Crippen LogP) is 2.87. The first-order chi connectivity index (χ1) is 13.7. The number of benzene rings is 2. The second-order valence-corrected chi connectivity index (χ2v) is 7.87. The zero-order valence-electron chi connectivity index (χ0n) is 15.4. The Balaban J connectivity index is 1.61. The summed E-state index contributed by atoms with van der Waals surface area (Å²) in [6.45, 7) is 1.33. The van der Waals surface area contributed by atoms with Crippen LogP contribution in [0.5, 0.6) is 0 Å². The Hall–Kier alpha value is -2.99. The maximum absolute atomic E-state index is 13.0. The largest absolute Gasteiger partial charge is 0.379 e. The SMILES string of the molecule is O=c1c2ccccc2nc2n1CC[C@@]2(O)[C@H]1c2ccccc2N=C2CCCN21. The summed E-state index contributed by atoms with van der Waals surface area (Å²) in [6.07, 6.45) is 2.41. The van der Waals surface area contributed by atoms with Crippen molar-refractivity contribution in [2.24, 2.45) is 4.99 Å². The van der Waals surface area contributed by atoms with Gasteiger partial charge in [0.05, 0.1) is 22.6 Å². The number of hydrogen-bond donors (Lipinski definition) is 1. The molecule has 3 aromatic rings. The highest BCUT2D eigenvalue weighted by Gasteiger charge is 2.52. The van der Waals surface area contributed by atoms with Crippen LogP contribution in [-0.2, 0) is 12.1 Å². The zero-order valence-corrected chi connectivity index (χ0v) is 15.4. The van der Waals surface area contributed by atoms with Gasteiger partial charge < -0.3 is 10.0 Å². The number of aliphatic imine (C=N–C) groups is 1. The number of fused-ring (bicyclic) bond motifs is 4. The van der Waals surface area contributed by atoms with Crippen molar-refractivity contribution < 1.29 is 5.11 Å². The van der Waals surface area contributed by atoms with Crippen molar-refractivity contribution in [1.29, 1.82) is 0 Å². The molecule has 2 atom stereocenters. The molecule has 28 heavy (non-hydrogen) atoms. The predicted molar refractivity (Wildman–Crippen MR) is 107 cm³/mol. The van der Waals surface area contributed by atoms with Crippen LogP contribution in [0.1, 0.15) is 36.7 Å². The average Bonchev–Trinajstić information content (AvgIpc) is 3.31. The number of amidine groups is 1. The summed E-state index contributed by atoms with van der Waals surface area (Å²) in [6, 6.07) is 15.1. The topological polar surface area (TPSA) is 70.7 Å². The van der Waals surface area contributed by atoms with Gasteiger partial charge in [-0.2, -0.15) is 0 Å². The van der Waals surface area contributed by atoms with Gasteiger partial charge in [0.15, 0.2) is 0 Å². The molecule has 6 heteroatoms. The van der Waals surface area contributed by atoms with Crippen molar-refractivity contribution >= 4 is 22.4 Å². The molecule has 3 aliphatic rings. The lowest BCUT2D eigenvalue weighted by Crippen LogP contribution is -2.46. The monoisotopic (exact) mass is 372 g/mol. The zero-order chi connectivity index (χ0) is 18.9. The molecule has 2 aromatic carbocycles. The van der Waals surface area contributed by atoms with Crippen molar-refractivity contribution in [2.75, 3.05) is 6.54 Å². The lowest BCUT2D eigenvalue weighted by atomic mass is 9.84. The molecule has 0 saturated carbocycles. The van der Waals surface area contributed by atoms with Gasteiger partial charge in [-0.3, -0.25) is 9.36 Å². The molecule has 3 aliphatic heterocycles. The smallest absolute Gasteiger partial charge is 0.261 e. The Morgan fingerprint density at radius 3 is 2.82 bits per heavy atom. The van der Waals surface area contributed by atoms with E-state index in [1.807, 2.05) is 42.5 Å². The first-order valence-electron chi connectivity index (χ1n) is 9.82. The van der Waals surface area contributed by atoms with Crippen LogP contribution in [0.4, 0.5) is 5.69 Å². The van der Waals surface area contributed by atoms with E-state index in [1.165, 1.54) is 0 Å². The van der Waals surface area contributed by atoms with E-state index in [4.69, 9.17) is 9.98 Å². The third kappa shape index (κ3) is 1.98. The summed E-state index contributed by atoms with van der Waals surface area (Å²) < 4.78 is 1.66. The van der Waals surface area contributed by atoms with E-state index >= 15 is 0 Å². The van der Waals surface area contributed by atoms with Crippen LogP contribution in [0.3, 0.4) is 0 Å². The standard InChI is InChI=1S/C22H20N4O2/c27-20-15-7-2-4-9-17(15)24-21-22(28,11-13-26(20)21)19-14-6-1-3-8-16(14)23-18-10-5-12-25(18)19/h1-4,6-9,19,28H,5,10-13H2/t19-,22-/m1/s1. The number of rotatable bonds is 1. The van der Waals surface area contributed by atoms with Gasteiger partial charge in [0.2, 0.25) is 0 Å². The van der Waals surface area contributed by atoms with E-state index in [0.717, 1.165) is 36.5 Å². The number of aliphatic hydroxyl groups is 1. The van der Waals surface area contributed by atoms with E-state index in [-0.39, 0.29) is 11.6 Å². The molecule has 140 valence electrons. The van der Waals surface area contributed by atoms with Gasteiger partial charge in [-0.15, -0.1) is 0 Å². The Bertz CT molecular complexity index is 1210. The number of nitrogens with zero attached hydrogens (tertiary/aromatic N) is 4. The Labute approximate surface area is 161 Å². The van der Waals surface area contributed by atoms with Gasteiger partial charge in [-0.25, -0.2) is 9.98 Å². The number of para-hydroxylation sites is 2. The van der Waals surface area contributed by atoms with Gasteiger partial charge in [0.25, 0.3) is 5.56 Å². The number of hydrogen-bond acceptors (Lipinski definition) is 5. The van der Waals surface area contributed by atoms with Gasteiger partial charge >= 0.3 is 0 Å². The molecule has 0 aliphatic carbocycles. The molecule has 1 aromatic heterocycles. The second-order valence-electron chi connectivity index (χ2n) is 7.87. The minimum atomic E-state index is -1.23. The molecule has 1 saturated heterocycles. The van der Waals surface area contributed by atoms with E-state index in [0.29, 0.717) is 29.7 Å². The quantitative estimate of drug-likeness (QED) is 0.713. The van der Waals surface area contributed by atoms with Gasteiger partial charge in [0, 0.05) is 31.5 Å². The minimum absolute atomic E-state index is 0.0732. The Morgan fingerprint density at radius 1 is 1.07 bits per heavy atom. The fourth-order valence-corrected chi connectivity index (χ4v) is 5.08. The van der Waals surface area contributed by atoms with Crippen LogP contribution in [0, 0.1) is 0 Å². The number of aromatic nitrogens is 2. The van der Waals surface area contributed by atoms with Crippen molar-refractivity contribution in [3.05, 3.63) is 70.3 Å². The summed E-state index contributed by atoms with van der Waals surface area (Å²) in [5, 5.41) is 12.6. The average molecular weight is 372 g/mol. The molecule has 0 amide bonds. The van der Waals surface area contributed by atoms with Crippen LogP contribution >= 0.6 is 0 Å². The van der Waals surface area contributed by atoms with Crippen LogP contribution in [0.2, 0.25) is 0 Å².